The van der Waals surface area contributed by atoms with Crippen molar-refractivity contribution in [3.63, 3.8) is 0 Å². The van der Waals surface area contributed by atoms with Crippen LogP contribution in [0.4, 0.5) is 17.6 Å². The fourth-order valence-corrected chi connectivity index (χ4v) is 5.77. The molecule has 0 nitrogen and oxygen atoms in total. The van der Waals surface area contributed by atoms with Gasteiger partial charge in [-0.25, -0.2) is 17.6 Å². The molecule has 0 bridgehead atoms. The Kier molecular flexibility index (Phi) is 5.80. The van der Waals surface area contributed by atoms with Crippen molar-refractivity contribution in [3.8, 4) is 0 Å². The van der Waals surface area contributed by atoms with E-state index in [0.717, 1.165) is 49.8 Å². The van der Waals surface area contributed by atoms with E-state index in [-0.39, 0.29) is 17.8 Å². The summed E-state index contributed by atoms with van der Waals surface area (Å²) in [6.45, 7) is 1.98. The van der Waals surface area contributed by atoms with Crippen molar-refractivity contribution >= 4 is 0 Å². The summed E-state index contributed by atoms with van der Waals surface area (Å²) in [6, 6.07) is 6.22. The van der Waals surface area contributed by atoms with Gasteiger partial charge in [0.25, 0.3) is 0 Å². The minimum atomic E-state index is -0.567. The molecule has 4 rings (SSSR count). The first-order valence-electron chi connectivity index (χ1n) is 10.5. The van der Waals surface area contributed by atoms with Crippen molar-refractivity contribution in [2.24, 2.45) is 11.8 Å². The first-order valence-corrected chi connectivity index (χ1v) is 10.5. The van der Waals surface area contributed by atoms with Gasteiger partial charge in [0.15, 0.2) is 0 Å². The maximum Gasteiger partial charge on any atom is 0.129 e. The van der Waals surface area contributed by atoms with Crippen LogP contribution in [-0.2, 0) is 6.42 Å². The van der Waals surface area contributed by atoms with Crippen LogP contribution in [-0.4, -0.2) is 0 Å². The number of fused-ring (bicyclic) bond motifs is 3. The van der Waals surface area contributed by atoms with E-state index < -0.39 is 23.3 Å². The molecule has 2 aromatic carbocycles. The third-order valence-corrected chi connectivity index (χ3v) is 6.87. The van der Waals surface area contributed by atoms with Gasteiger partial charge in [-0.15, -0.1) is 0 Å². The summed E-state index contributed by atoms with van der Waals surface area (Å²) in [4.78, 5) is 0. The summed E-state index contributed by atoms with van der Waals surface area (Å²) < 4.78 is 56.4. The molecule has 2 aliphatic rings. The molecule has 2 aromatic rings. The molecule has 0 aromatic heterocycles. The van der Waals surface area contributed by atoms with Gasteiger partial charge in [-0.2, -0.15) is 0 Å². The van der Waals surface area contributed by atoms with Gasteiger partial charge in [0.05, 0.1) is 0 Å². The van der Waals surface area contributed by atoms with Crippen LogP contribution in [0.15, 0.2) is 42.5 Å². The minimum absolute atomic E-state index is 0.0105. The van der Waals surface area contributed by atoms with Crippen LogP contribution in [0.3, 0.4) is 0 Å². The second-order valence-corrected chi connectivity index (χ2v) is 8.48. The summed E-state index contributed by atoms with van der Waals surface area (Å²) in [6.07, 6.45) is 9.05. The lowest BCUT2D eigenvalue weighted by Gasteiger charge is -2.47. The van der Waals surface area contributed by atoms with E-state index in [4.69, 9.17) is 0 Å². The molecule has 0 aliphatic heterocycles. The predicted molar refractivity (Wildman–Crippen MR) is 107 cm³/mol. The Morgan fingerprint density at radius 2 is 1.62 bits per heavy atom. The van der Waals surface area contributed by atoms with Gasteiger partial charge >= 0.3 is 0 Å². The Balaban J connectivity index is 1.74. The molecule has 29 heavy (non-hydrogen) atoms. The van der Waals surface area contributed by atoms with Crippen LogP contribution in [0.5, 0.6) is 0 Å². The smallest absolute Gasteiger partial charge is 0.129 e. The van der Waals surface area contributed by atoms with E-state index in [0.29, 0.717) is 23.5 Å². The highest BCUT2D eigenvalue weighted by Crippen LogP contribution is 2.55. The largest absolute Gasteiger partial charge is 0.207 e. The highest BCUT2D eigenvalue weighted by molar-refractivity contribution is 5.38. The standard InChI is InChI=1S/C25H26F4/c1-2-3-4-5-15-6-7-20-22(25(15)16-10-17(26)12-18(27)11-16)9-8-21-23(20)13-19(28)14-24(21)29/h2-3,10-15,20,22,25H,4-9H2,1H3. The summed E-state index contributed by atoms with van der Waals surface area (Å²) in [5.74, 6) is -1.71. The molecule has 1 saturated carbocycles. The zero-order chi connectivity index (χ0) is 20.5. The lowest BCUT2D eigenvalue weighted by Crippen LogP contribution is -2.35. The molecule has 0 heterocycles. The number of allylic oxidation sites excluding steroid dienone is 2. The Morgan fingerprint density at radius 1 is 0.897 bits per heavy atom. The van der Waals surface area contributed by atoms with Crippen LogP contribution in [0.2, 0.25) is 0 Å². The molecule has 4 heteroatoms. The van der Waals surface area contributed by atoms with Crippen LogP contribution in [0.1, 0.15) is 67.6 Å². The lowest BCUT2D eigenvalue weighted by atomic mass is 9.57. The average Bonchev–Trinajstić information content (AvgIpc) is 2.66. The van der Waals surface area contributed by atoms with Gasteiger partial charge in [0.1, 0.15) is 23.3 Å². The molecule has 0 spiro atoms. The number of benzene rings is 2. The van der Waals surface area contributed by atoms with Crippen molar-refractivity contribution in [1.29, 1.82) is 0 Å². The molecule has 154 valence electrons. The van der Waals surface area contributed by atoms with Gasteiger partial charge in [-0.3, -0.25) is 0 Å². The maximum atomic E-state index is 14.4. The summed E-state index contributed by atoms with van der Waals surface area (Å²) >= 11 is 0. The fraction of sp³-hybridized carbons (Fsp3) is 0.440. The fourth-order valence-electron chi connectivity index (χ4n) is 5.77. The van der Waals surface area contributed by atoms with E-state index in [9.17, 15) is 17.6 Å². The topological polar surface area (TPSA) is 0 Å². The average molecular weight is 402 g/mol. The molecular weight excluding hydrogens is 376 g/mol. The van der Waals surface area contributed by atoms with E-state index in [1.165, 1.54) is 18.2 Å². The highest BCUT2D eigenvalue weighted by Gasteiger charge is 2.43. The Morgan fingerprint density at radius 3 is 2.34 bits per heavy atom. The third kappa shape index (κ3) is 3.99. The Hall–Kier alpha value is -2.10. The number of hydrogen-bond acceptors (Lipinski definition) is 0. The summed E-state index contributed by atoms with van der Waals surface area (Å²) in [5.41, 5.74) is 2.06. The second kappa shape index (κ2) is 8.33. The maximum absolute atomic E-state index is 14.4. The van der Waals surface area contributed by atoms with E-state index in [2.05, 4.69) is 6.08 Å². The Labute approximate surface area is 169 Å². The van der Waals surface area contributed by atoms with E-state index in [1.807, 2.05) is 13.0 Å². The predicted octanol–water partition coefficient (Wildman–Crippen LogP) is 7.44. The first kappa shape index (κ1) is 20.2. The van der Waals surface area contributed by atoms with Crippen molar-refractivity contribution in [2.75, 3.05) is 0 Å². The van der Waals surface area contributed by atoms with Crippen molar-refractivity contribution in [2.45, 2.75) is 57.3 Å². The molecular formula is C25H26F4. The molecule has 0 radical (unpaired) electrons. The van der Waals surface area contributed by atoms with Crippen LogP contribution >= 0.6 is 0 Å². The normalized spacial score (nSPS) is 26.4. The van der Waals surface area contributed by atoms with Gasteiger partial charge in [0, 0.05) is 12.1 Å². The zero-order valence-corrected chi connectivity index (χ0v) is 16.6. The van der Waals surface area contributed by atoms with Crippen LogP contribution in [0.25, 0.3) is 0 Å². The number of rotatable bonds is 4. The van der Waals surface area contributed by atoms with Gasteiger partial charge in [-0.05, 0) is 104 Å². The molecule has 0 amide bonds. The highest BCUT2D eigenvalue weighted by atomic mass is 19.1. The van der Waals surface area contributed by atoms with Crippen LogP contribution < -0.4 is 0 Å². The molecule has 1 fully saturated rings. The monoisotopic (exact) mass is 402 g/mol. The van der Waals surface area contributed by atoms with Crippen LogP contribution in [0, 0.1) is 35.1 Å². The van der Waals surface area contributed by atoms with Gasteiger partial charge < -0.3 is 0 Å². The molecule has 0 N–H and O–H groups in total. The molecule has 0 saturated heterocycles. The van der Waals surface area contributed by atoms with E-state index >= 15 is 0 Å². The summed E-state index contributed by atoms with van der Waals surface area (Å²) in [7, 11) is 0. The van der Waals surface area contributed by atoms with Gasteiger partial charge in [-0.1, -0.05) is 12.2 Å². The number of halogens is 4. The Bertz CT molecular complexity index is 897. The van der Waals surface area contributed by atoms with Gasteiger partial charge in [0.2, 0.25) is 0 Å². The third-order valence-electron chi connectivity index (χ3n) is 6.87. The zero-order valence-electron chi connectivity index (χ0n) is 16.6. The number of hydrogen-bond donors (Lipinski definition) is 0. The van der Waals surface area contributed by atoms with Crippen molar-refractivity contribution in [1.82, 2.24) is 0 Å². The molecule has 4 unspecified atom stereocenters. The van der Waals surface area contributed by atoms with E-state index in [1.54, 1.807) is 0 Å². The molecule has 4 atom stereocenters. The second-order valence-electron chi connectivity index (χ2n) is 8.48. The van der Waals surface area contributed by atoms with Crippen molar-refractivity contribution < 1.29 is 17.6 Å². The SMILES string of the molecule is CC=CCCC1CCC2c3cc(F)cc(F)c3CCC2C1c1cc(F)cc(F)c1. The quantitative estimate of drug-likeness (QED) is 0.368. The minimum Gasteiger partial charge on any atom is -0.207 e. The summed E-state index contributed by atoms with van der Waals surface area (Å²) in [5, 5.41) is 0. The lowest BCUT2D eigenvalue weighted by molar-refractivity contribution is 0.160. The van der Waals surface area contributed by atoms with Crippen molar-refractivity contribution in [3.05, 3.63) is 82.4 Å². The first-order chi connectivity index (χ1) is 14.0. The molecule has 2 aliphatic carbocycles.